The number of hydrogen-bond acceptors (Lipinski definition) is 8. The van der Waals surface area contributed by atoms with Crippen molar-refractivity contribution in [1.82, 2.24) is 15.0 Å². The van der Waals surface area contributed by atoms with Gasteiger partial charge in [0.1, 0.15) is 11.9 Å². The highest BCUT2D eigenvalue weighted by Crippen LogP contribution is 2.47. The summed E-state index contributed by atoms with van der Waals surface area (Å²) in [6.07, 6.45) is 5.41. The Balaban J connectivity index is 1.54. The number of ether oxygens (including phenoxy) is 1. The van der Waals surface area contributed by atoms with Crippen LogP contribution in [0.15, 0.2) is 60.8 Å². The van der Waals surface area contributed by atoms with E-state index in [4.69, 9.17) is 9.84 Å². The molecule has 3 aromatic rings. The van der Waals surface area contributed by atoms with Crippen LogP contribution in [0.3, 0.4) is 0 Å². The molecule has 0 fully saturated rings. The topological polar surface area (TPSA) is 150 Å². The van der Waals surface area contributed by atoms with Crippen LogP contribution < -0.4 is 15.0 Å². The Morgan fingerprint density at radius 2 is 2.02 bits per heavy atom. The van der Waals surface area contributed by atoms with Gasteiger partial charge in [0, 0.05) is 42.9 Å². The van der Waals surface area contributed by atoms with Gasteiger partial charge in [-0.3, -0.25) is 14.3 Å². The van der Waals surface area contributed by atoms with E-state index in [-0.39, 0.29) is 13.2 Å². The van der Waals surface area contributed by atoms with Crippen molar-refractivity contribution in [2.75, 3.05) is 23.9 Å². The number of aromatic nitrogens is 3. The normalized spacial score (nSPS) is 18.1. The van der Waals surface area contributed by atoms with Crippen molar-refractivity contribution in [2.24, 2.45) is 5.92 Å². The number of rotatable bonds is 12. The van der Waals surface area contributed by atoms with Crippen LogP contribution in [0.25, 0.3) is 0 Å². The molecule has 11 heteroatoms. The molecule has 4 N–H and O–H groups in total. The van der Waals surface area contributed by atoms with Gasteiger partial charge in [-0.2, -0.15) is 0 Å². The number of benzene rings is 2. The van der Waals surface area contributed by atoms with Crippen LogP contribution in [0.1, 0.15) is 37.1 Å². The maximum absolute atomic E-state index is 13.9. The lowest BCUT2D eigenvalue weighted by atomic mass is 9.83. The molecular formula is C29H35N5O6. The van der Waals surface area contributed by atoms with Crippen LogP contribution in [-0.4, -0.2) is 61.9 Å². The average Bonchev–Trinajstić information content (AvgIpc) is 3.47. The van der Waals surface area contributed by atoms with Crippen molar-refractivity contribution in [2.45, 2.75) is 51.5 Å². The summed E-state index contributed by atoms with van der Waals surface area (Å²) >= 11 is 0. The maximum Gasteiger partial charge on any atom is 0.264 e. The molecule has 0 saturated heterocycles. The van der Waals surface area contributed by atoms with Gasteiger partial charge < -0.3 is 30.3 Å². The number of aliphatic hydroxyl groups is 3. The molecule has 0 unspecified atom stereocenters. The first-order chi connectivity index (χ1) is 19.2. The molecule has 1 aliphatic heterocycles. The number of carbonyl (C=O) groups is 2. The highest BCUT2D eigenvalue weighted by atomic mass is 16.5. The maximum atomic E-state index is 13.9. The SMILES string of the molecule is COc1ccc2c(c1)[C@@](O)([C@H](C)/C=C/CCn1cc(CCO)nn1)C(=O)N2Cc1cccc(NC(=O)[C@H](C)O)c1. The second kappa shape index (κ2) is 12.4. The number of carbonyl (C=O) groups excluding carboxylic acids is 2. The number of allylic oxidation sites excluding steroid dienone is 1. The van der Waals surface area contributed by atoms with Gasteiger partial charge in [0.2, 0.25) is 0 Å². The lowest BCUT2D eigenvalue weighted by Gasteiger charge is -2.28. The zero-order valence-electron chi connectivity index (χ0n) is 22.8. The smallest absolute Gasteiger partial charge is 0.264 e. The molecule has 1 aromatic heterocycles. The summed E-state index contributed by atoms with van der Waals surface area (Å²) in [6, 6.07) is 12.2. The van der Waals surface area contributed by atoms with Crippen molar-refractivity contribution in [3.8, 4) is 5.75 Å². The third kappa shape index (κ3) is 6.06. The number of aryl methyl sites for hydroxylation is 1. The minimum atomic E-state index is -1.82. The number of aliphatic hydroxyl groups excluding tert-OH is 2. The fraction of sp³-hybridized carbons (Fsp3) is 0.379. The summed E-state index contributed by atoms with van der Waals surface area (Å²) in [7, 11) is 1.53. The number of nitrogens with one attached hydrogen (secondary N) is 1. The number of hydrogen-bond donors (Lipinski definition) is 4. The summed E-state index contributed by atoms with van der Waals surface area (Å²) < 4.78 is 7.08. The van der Waals surface area contributed by atoms with Crippen LogP contribution in [0.2, 0.25) is 0 Å². The van der Waals surface area contributed by atoms with Gasteiger partial charge in [-0.25, -0.2) is 0 Å². The summed E-state index contributed by atoms with van der Waals surface area (Å²) in [5.74, 6) is -1.03. The number of fused-ring (bicyclic) bond motifs is 1. The van der Waals surface area contributed by atoms with Gasteiger partial charge in [-0.05, 0) is 49.2 Å². The van der Waals surface area contributed by atoms with Crippen molar-refractivity contribution in [3.63, 3.8) is 0 Å². The molecular weight excluding hydrogens is 514 g/mol. The van der Waals surface area contributed by atoms with E-state index >= 15 is 0 Å². The minimum Gasteiger partial charge on any atom is -0.497 e. The Kier molecular flexibility index (Phi) is 8.98. The van der Waals surface area contributed by atoms with Crippen LogP contribution in [0, 0.1) is 5.92 Å². The Labute approximate surface area is 232 Å². The zero-order valence-corrected chi connectivity index (χ0v) is 22.8. The van der Waals surface area contributed by atoms with E-state index in [1.165, 1.54) is 18.9 Å². The minimum absolute atomic E-state index is 0.0109. The molecule has 4 rings (SSSR count). The fourth-order valence-electron chi connectivity index (χ4n) is 4.71. The molecule has 40 heavy (non-hydrogen) atoms. The van der Waals surface area contributed by atoms with Crippen LogP contribution >= 0.6 is 0 Å². The average molecular weight is 550 g/mol. The predicted octanol–water partition coefficient (Wildman–Crippen LogP) is 2.16. The first-order valence-electron chi connectivity index (χ1n) is 13.1. The van der Waals surface area contributed by atoms with Gasteiger partial charge in [0.05, 0.1) is 25.0 Å². The molecule has 0 saturated carbocycles. The molecule has 0 radical (unpaired) electrons. The predicted molar refractivity (Wildman–Crippen MR) is 149 cm³/mol. The second-order valence-electron chi connectivity index (χ2n) is 9.86. The number of amides is 2. The van der Waals surface area contributed by atoms with Gasteiger partial charge in [0.25, 0.3) is 11.8 Å². The molecule has 0 bridgehead atoms. The molecule has 0 aliphatic carbocycles. The summed E-state index contributed by atoms with van der Waals surface area (Å²) in [5.41, 5.74) is 1.16. The molecule has 11 nitrogen and oxygen atoms in total. The highest BCUT2D eigenvalue weighted by molar-refractivity contribution is 6.07. The summed E-state index contributed by atoms with van der Waals surface area (Å²) in [4.78, 5) is 27.3. The molecule has 212 valence electrons. The van der Waals surface area contributed by atoms with Crippen molar-refractivity contribution in [1.29, 1.82) is 0 Å². The number of methoxy groups -OCH3 is 1. The largest absolute Gasteiger partial charge is 0.497 e. The van der Waals surface area contributed by atoms with Crippen LogP contribution in [-0.2, 0) is 34.7 Å². The van der Waals surface area contributed by atoms with Crippen LogP contribution in [0.4, 0.5) is 11.4 Å². The van der Waals surface area contributed by atoms with E-state index in [9.17, 15) is 19.8 Å². The Bertz CT molecular complexity index is 1390. The van der Waals surface area contributed by atoms with E-state index in [1.807, 2.05) is 18.2 Å². The first kappa shape index (κ1) is 28.9. The van der Waals surface area contributed by atoms with E-state index in [0.717, 1.165) is 5.56 Å². The highest BCUT2D eigenvalue weighted by Gasteiger charge is 2.52. The molecule has 1 aliphatic rings. The molecule has 2 amide bonds. The number of anilines is 2. The second-order valence-corrected chi connectivity index (χ2v) is 9.86. The first-order valence-corrected chi connectivity index (χ1v) is 13.1. The van der Waals surface area contributed by atoms with Crippen molar-refractivity contribution in [3.05, 3.63) is 77.6 Å². The number of nitrogens with zero attached hydrogens (tertiary/aromatic N) is 4. The molecule has 2 aromatic carbocycles. The fourth-order valence-corrected chi connectivity index (χ4v) is 4.71. The monoisotopic (exact) mass is 549 g/mol. The molecule has 0 spiro atoms. The lowest BCUT2D eigenvalue weighted by molar-refractivity contribution is -0.139. The quantitative estimate of drug-likeness (QED) is 0.251. The molecule has 3 atom stereocenters. The van der Waals surface area contributed by atoms with E-state index in [0.29, 0.717) is 47.8 Å². The Morgan fingerprint density at radius 3 is 2.75 bits per heavy atom. The zero-order chi connectivity index (χ0) is 28.9. The third-order valence-electron chi connectivity index (χ3n) is 6.95. The lowest BCUT2D eigenvalue weighted by Crippen LogP contribution is -2.44. The standard InChI is InChI=1S/C29H35N5O6/c1-19(7-4-5-13-33-18-23(12-14-35)31-32-33)29(39)25-16-24(40-3)10-11-26(25)34(28(29)38)17-21-8-6-9-22(15-21)30-27(37)20(2)36/h4,6-11,15-16,18-20,35-36,39H,5,12-14,17H2,1-3H3,(H,30,37)/b7-4+/t19-,20+,29+/m1/s1. The van der Waals surface area contributed by atoms with Gasteiger partial charge in [0.15, 0.2) is 5.60 Å². The summed E-state index contributed by atoms with van der Waals surface area (Å²) in [5, 5.41) is 41.2. The van der Waals surface area contributed by atoms with Crippen molar-refractivity contribution < 1.29 is 29.6 Å². The van der Waals surface area contributed by atoms with Crippen LogP contribution in [0.5, 0.6) is 5.75 Å². The van der Waals surface area contributed by atoms with Crippen molar-refractivity contribution >= 4 is 23.2 Å². The third-order valence-corrected chi connectivity index (χ3v) is 6.95. The van der Waals surface area contributed by atoms with E-state index in [2.05, 4.69) is 15.6 Å². The Morgan fingerprint density at radius 1 is 1.23 bits per heavy atom. The van der Waals surface area contributed by atoms with E-state index < -0.39 is 29.4 Å². The van der Waals surface area contributed by atoms with Gasteiger partial charge >= 0.3 is 0 Å². The molecule has 2 heterocycles. The van der Waals surface area contributed by atoms with E-state index in [1.54, 1.807) is 54.2 Å². The van der Waals surface area contributed by atoms with Gasteiger partial charge in [-0.15, -0.1) is 5.10 Å². The Hall–Kier alpha value is -4.06. The van der Waals surface area contributed by atoms with Gasteiger partial charge in [-0.1, -0.05) is 36.4 Å². The summed E-state index contributed by atoms with van der Waals surface area (Å²) in [6.45, 7) is 3.91.